The van der Waals surface area contributed by atoms with Gasteiger partial charge < -0.3 is 14.2 Å². The predicted octanol–water partition coefficient (Wildman–Crippen LogP) is 3.22. The summed E-state index contributed by atoms with van der Waals surface area (Å²) in [5, 5.41) is 4.04. The Morgan fingerprint density at radius 3 is 3.00 bits per heavy atom. The standard InChI is InChI=1S/C17H20N2O3/c1-3-12-11-16(22-18-12)14-8-6-10-19(14)17(20)13-7-4-5-9-15(13)21-2/h4-5,7,9,11,14H,3,6,8,10H2,1-2H3. The number of nitrogens with zero attached hydrogens (tertiary/aromatic N) is 2. The average Bonchev–Trinajstić information content (AvgIpc) is 3.22. The molecule has 0 bridgehead atoms. The van der Waals surface area contributed by atoms with Crippen LogP contribution in [0.2, 0.25) is 0 Å². The molecule has 0 saturated carbocycles. The van der Waals surface area contributed by atoms with Gasteiger partial charge in [0.2, 0.25) is 0 Å². The molecule has 5 heteroatoms. The lowest BCUT2D eigenvalue weighted by Crippen LogP contribution is -2.30. The number of hydrogen-bond donors (Lipinski definition) is 0. The van der Waals surface area contributed by atoms with Crippen molar-refractivity contribution in [2.75, 3.05) is 13.7 Å². The first kappa shape index (κ1) is 14.6. The summed E-state index contributed by atoms with van der Waals surface area (Å²) < 4.78 is 10.7. The molecule has 2 heterocycles. The van der Waals surface area contributed by atoms with Crippen molar-refractivity contribution in [3.8, 4) is 5.75 Å². The van der Waals surface area contributed by atoms with Crippen LogP contribution in [-0.4, -0.2) is 29.6 Å². The Bertz CT molecular complexity index is 665. The van der Waals surface area contributed by atoms with Crippen LogP contribution in [0.3, 0.4) is 0 Å². The molecule has 22 heavy (non-hydrogen) atoms. The molecule has 1 aliphatic rings. The van der Waals surface area contributed by atoms with E-state index in [4.69, 9.17) is 9.26 Å². The van der Waals surface area contributed by atoms with Gasteiger partial charge in [0.25, 0.3) is 5.91 Å². The molecule has 1 amide bonds. The van der Waals surface area contributed by atoms with E-state index in [1.165, 1.54) is 0 Å². The number of aromatic nitrogens is 1. The van der Waals surface area contributed by atoms with E-state index >= 15 is 0 Å². The van der Waals surface area contributed by atoms with Crippen LogP contribution < -0.4 is 4.74 Å². The molecule has 0 aliphatic carbocycles. The first-order chi connectivity index (χ1) is 10.7. The highest BCUT2D eigenvalue weighted by atomic mass is 16.5. The van der Waals surface area contributed by atoms with E-state index in [0.717, 1.165) is 37.3 Å². The summed E-state index contributed by atoms with van der Waals surface area (Å²) in [7, 11) is 1.58. The van der Waals surface area contributed by atoms with Crippen LogP contribution >= 0.6 is 0 Å². The molecular formula is C17H20N2O3. The van der Waals surface area contributed by atoms with Crippen LogP contribution in [0.4, 0.5) is 0 Å². The second kappa shape index (κ2) is 6.22. The van der Waals surface area contributed by atoms with Crippen molar-refractivity contribution < 1.29 is 14.1 Å². The zero-order valence-corrected chi connectivity index (χ0v) is 12.9. The highest BCUT2D eigenvalue weighted by Gasteiger charge is 2.34. The molecule has 1 fully saturated rings. The van der Waals surface area contributed by atoms with Gasteiger partial charge in [0.05, 0.1) is 24.4 Å². The number of rotatable bonds is 4. The van der Waals surface area contributed by atoms with Crippen molar-refractivity contribution in [2.45, 2.75) is 32.2 Å². The molecule has 5 nitrogen and oxygen atoms in total. The Kier molecular flexibility index (Phi) is 4.13. The second-order valence-electron chi connectivity index (χ2n) is 5.43. The van der Waals surface area contributed by atoms with E-state index in [1.54, 1.807) is 13.2 Å². The van der Waals surface area contributed by atoms with Gasteiger partial charge in [-0.05, 0) is 31.4 Å². The summed E-state index contributed by atoms with van der Waals surface area (Å²) in [6.45, 7) is 2.76. The van der Waals surface area contributed by atoms with Crippen molar-refractivity contribution in [1.82, 2.24) is 10.1 Å². The number of carbonyl (C=O) groups excluding carboxylic acids is 1. The Labute approximate surface area is 129 Å². The Balaban J connectivity index is 1.87. The van der Waals surface area contributed by atoms with Gasteiger partial charge in [-0.25, -0.2) is 0 Å². The first-order valence-corrected chi connectivity index (χ1v) is 7.64. The van der Waals surface area contributed by atoms with Crippen molar-refractivity contribution in [2.24, 2.45) is 0 Å². The summed E-state index contributed by atoms with van der Waals surface area (Å²) in [4.78, 5) is 14.7. The molecule has 1 saturated heterocycles. The summed E-state index contributed by atoms with van der Waals surface area (Å²) in [5.41, 5.74) is 1.51. The molecule has 1 aromatic heterocycles. The Morgan fingerprint density at radius 2 is 2.27 bits per heavy atom. The maximum Gasteiger partial charge on any atom is 0.258 e. The zero-order valence-electron chi connectivity index (χ0n) is 12.9. The third-order valence-electron chi connectivity index (χ3n) is 4.12. The topological polar surface area (TPSA) is 55.6 Å². The average molecular weight is 300 g/mol. The minimum absolute atomic E-state index is 0.0191. The quantitative estimate of drug-likeness (QED) is 0.870. The Hall–Kier alpha value is -2.30. The van der Waals surface area contributed by atoms with E-state index in [2.05, 4.69) is 5.16 Å². The maximum atomic E-state index is 12.9. The van der Waals surface area contributed by atoms with Gasteiger partial charge in [-0.1, -0.05) is 24.2 Å². The number of likely N-dealkylation sites (tertiary alicyclic amines) is 1. The number of benzene rings is 1. The molecule has 0 radical (unpaired) electrons. The molecule has 3 rings (SSSR count). The summed E-state index contributed by atoms with van der Waals surface area (Å²) >= 11 is 0. The summed E-state index contributed by atoms with van der Waals surface area (Å²) in [6.07, 6.45) is 2.70. The number of methoxy groups -OCH3 is 1. The van der Waals surface area contributed by atoms with Crippen molar-refractivity contribution >= 4 is 5.91 Å². The molecule has 116 valence electrons. The van der Waals surface area contributed by atoms with Crippen molar-refractivity contribution in [3.63, 3.8) is 0 Å². The number of hydrogen-bond acceptors (Lipinski definition) is 4. The number of aryl methyl sites for hydroxylation is 1. The smallest absolute Gasteiger partial charge is 0.258 e. The lowest BCUT2D eigenvalue weighted by molar-refractivity contribution is 0.0711. The second-order valence-corrected chi connectivity index (χ2v) is 5.43. The van der Waals surface area contributed by atoms with Gasteiger partial charge in [-0.2, -0.15) is 0 Å². The van der Waals surface area contributed by atoms with Gasteiger partial charge in [0.1, 0.15) is 5.75 Å². The minimum atomic E-state index is -0.0368. The lowest BCUT2D eigenvalue weighted by Gasteiger charge is -2.23. The summed E-state index contributed by atoms with van der Waals surface area (Å²) in [5.74, 6) is 1.36. The molecule has 2 aromatic rings. The van der Waals surface area contributed by atoms with E-state index in [0.29, 0.717) is 11.3 Å². The fourth-order valence-corrected chi connectivity index (χ4v) is 2.93. The third-order valence-corrected chi connectivity index (χ3v) is 4.12. The molecule has 1 atom stereocenters. The number of carbonyl (C=O) groups is 1. The van der Waals surface area contributed by atoms with Crippen LogP contribution in [0.5, 0.6) is 5.75 Å². The number of para-hydroxylation sites is 1. The maximum absolute atomic E-state index is 12.9. The normalized spacial score (nSPS) is 17.7. The largest absolute Gasteiger partial charge is 0.496 e. The van der Waals surface area contributed by atoms with Gasteiger partial charge >= 0.3 is 0 Å². The molecule has 1 aromatic carbocycles. The molecule has 1 unspecified atom stereocenters. The molecule has 1 aliphatic heterocycles. The predicted molar refractivity (Wildman–Crippen MR) is 81.9 cm³/mol. The van der Waals surface area contributed by atoms with Gasteiger partial charge in [0, 0.05) is 12.6 Å². The molecule has 0 spiro atoms. The van der Waals surface area contributed by atoms with Crippen LogP contribution in [0.1, 0.15) is 47.6 Å². The van der Waals surface area contributed by atoms with E-state index in [9.17, 15) is 4.79 Å². The van der Waals surface area contributed by atoms with Crippen LogP contribution in [0, 0.1) is 0 Å². The SMILES string of the molecule is CCc1cc(C2CCCN2C(=O)c2ccccc2OC)on1. The van der Waals surface area contributed by atoms with Crippen LogP contribution in [-0.2, 0) is 6.42 Å². The number of amides is 1. The summed E-state index contributed by atoms with van der Waals surface area (Å²) in [6, 6.07) is 9.24. The minimum Gasteiger partial charge on any atom is -0.496 e. The van der Waals surface area contributed by atoms with Gasteiger partial charge in [-0.3, -0.25) is 4.79 Å². The zero-order chi connectivity index (χ0) is 15.5. The fourth-order valence-electron chi connectivity index (χ4n) is 2.93. The number of ether oxygens (including phenoxy) is 1. The monoisotopic (exact) mass is 300 g/mol. The highest BCUT2D eigenvalue weighted by molar-refractivity contribution is 5.97. The molecule has 0 N–H and O–H groups in total. The van der Waals surface area contributed by atoms with Crippen molar-refractivity contribution in [1.29, 1.82) is 0 Å². The Morgan fingerprint density at radius 1 is 1.45 bits per heavy atom. The first-order valence-electron chi connectivity index (χ1n) is 7.64. The van der Waals surface area contributed by atoms with Gasteiger partial charge in [-0.15, -0.1) is 0 Å². The van der Waals surface area contributed by atoms with E-state index in [1.807, 2.05) is 36.1 Å². The molecular weight excluding hydrogens is 280 g/mol. The lowest BCUT2D eigenvalue weighted by atomic mass is 10.1. The van der Waals surface area contributed by atoms with Crippen LogP contribution in [0.25, 0.3) is 0 Å². The highest BCUT2D eigenvalue weighted by Crippen LogP contribution is 2.34. The van der Waals surface area contributed by atoms with Crippen molar-refractivity contribution in [3.05, 3.63) is 47.3 Å². The third kappa shape index (κ3) is 2.58. The van der Waals surface area contributed by atoms with E-state index < -0.39 is 0 Å². The van der Waals surface area contributed by atoms with Crippen LogP contribution in [0.15, 0.2) is 34.9 Å². The van der Waals surface area contributed by atoms with Gasteiger partial charge in [0.15, 0.2) is 5.76 Å². The fraction of sp³-hybridized carbons (Fsp3) is 0.412. The van der Waals surface area contributed by atoms with E-state index in [-0.39, 0.29) is 11.9 Å².